The fourth-order valence-electron chi connectivity index (χ4n) is 3.23. The zero-order chi connectivity index (χ0) is 18.8. The lowest BCUT2D eigenvalue weighted by Gasteiger charge is -2.17. The number of hydrogen-bond acceptors (Lipinski definition) is 8. The Morgan fingerprint density at radius 2 is 2.08 bits per heavy atom. The zero-order valence-electron chi connectivity index (χ0n) is 13.7. The Morgan fingerprint density at radius 3 is 2.77 bits per heavy atom. The van der Waals surface area contributed by atoms with E-state index in [1.165, 1.54) is 0 Å². The van der Waals surface area contributed by atoms with Gasteiger partial charge < -0.3 is 20.0 Å². The zero-order valence-corrected chi connectivity index (χ0v) is 15.3. The van der Waals surface area contributed by atoms with Crippen LogP contribution in [0.1, 0.15) is 32.1 Å². The maximum Gasteiger partial charge on any atom is 0.333 e. The van der Waals surface area contributed by atoms with Crippen LogP contribution >= 0.6 is 11.8 Å². The summed E-state index contributed by atoms with van der Waals surface area (Å²) in [5.74, 6) is -1.76. The number of fused-ring (bicyclic) bond motifs is 1. The van der Waals surface area contributed by atoms with Crippen molar-refractivity contribution in [3.05, 3.63) is 0 Å². The number of imide groups is 1. The summed E-state index contributed by atoms with van der Waals surface area (Å²) in [6.07, 6.45) is 1.55. The molecule has 5 unspecified atom stereocenters. The lowest BCUT2D eigenvalue weighted by Crippen LogP contribution is -2.36. The average molecular weight is 404 g/mol. The molecule has 3 aliphatic rings. The molecule has 0 aliphatic carbocycles. The van der Waals surface area contributed by atoms with Crippen LogP contribution in [0.25, 0.3) is 0 Å². The topological polar surface area (TPSA) is 145 Å². The van der Waals surface area contributed by atoms with E-state index in [1.54, 1.807) is 11.8 Å². The quantitative estimate of drug-likeness (QED) is 0.242. The number of carbonyl (C=O) groups excluding carboxylic acids is 4. The third kappa shape index (κ3) is 4.01. The second kappa shape index (κ2) is 7.92. The maximum atomic E-state index is 11.8. The van der Waals surface area contributed by atoms with Crippen LogP contribution in [0.5, 0.6) is 0 Å². The highest BCUT2D eigenvalue weighted by molar-refractivity contribution is 8.00. The van der Waals surface area contributed by atoms with Crippen molar-refractivity contribution in [3.8, 4) is 0 Å². The molecule has 5 atom stereocenters. The van der Waals surface area contributed by atoms with E-state index in [1.807, 2.05) is 0 Å². The lowest BCUT2D eigenvalue weighted by molar-refractivity contribution is -0.197. The summed E-state index contributed by atoms with van der Waals surface area (Å²) in [6, 6.07) is 0.101. The SMILES string of the molecule is O=C1NC2CSC(CCCCC(=O)ON3C(=O)CC(S(=O)[O-])C3=O)C2N1. The molecule has 0 bridgehead atoms. The fraction of sp³-hybridized carbons (Fsp3) is 0.714. The first kappa shape index (κ1) is 19.1. The summed E-state index contributed by atoms with van der Waals surface area (Å²) in [6.45, 7) is 0. The van der Waals surface area contributed by atoms with Gasteiger partial charge in [0, 0.05) is 17.4 Å². The van der Waals surface area contributed by atoms with E-state index in [-0.39, 0.29) is 34.8 Å². The molecule has 3 heterocycles. The van der Waals surface area contributed by atoms with Crippen molar-refractivity contribution in [3.63, 3.8) is 0 Å². The van der Waals surface area contributed by atoms with Gasteiger partial charge in [0.05, 0.1) is 18.5 Å². The van der Waals surface area contributed by atoms with Gasteiger partial charge in [-0.1, -0.05) is 6.42 Å². The Labute approximate surface area is 156 Å². The highest BCUT2D eigenvalue weighted by atomic mass is 32.2. The summed E-state index contributed by atoms with van der Waals surface area (Å²) >= 11 is -0.956. The molecule has 0 aromatic heterocycles. The first-order chi connectivity index (χ1) is 12.4. The van der Waals surface area contributed by atoms with Crippen LogP contribution < -0.4 is 10.6 Å². The van der Waals surface area contributed by atoms with Crippen LogP contribution in [0.4, 0.5) is 4.79 Å². The second-order valence-corrected chi connectivity index (χ2v) is 8.67. The largest absolute Gasteiger partial charge is 0.772 e. The van der Waals surface area contributed by atoms with E-state index in [4.69, 9.17) is 4.84 Å². The van der Waals surface area contributed by atoms with Crippen molar-refractivity contribution < 1.29 is 32.8 Å². The van der Waals surface area contributed by atoms with Crippen LogP contribution in [0.3, 0.4) is 0 Å². The fourth-order valence-corrected chi connectivity index (χ4v) is 5.32. The van der Waals surface area contributed by atoms with Gasteiger partial charge in [-0.05, 0) is 23.9 Å². The number of amides is 4. The van der Waals surface area contributed by atoms with Crippen molar-refractivity contribution in [2.75, 3.05) is 5.75 Å². The Hall–Kier alpha value is -1.66. The highest BCUT2D eigenvalue weighted by Gasteiger charge is 2.43. The molecule has 26 heavy (non-hydrogen) atoms. The molecule has 10 nitrogen and oxygen atoms in total. The third-order valence-electron chi connectivity index (χ3n) is 4.55. The predicted molar refractivity (Wildman–Crippen MR) is 89.2 cm³/mol. The van der Waals surface area contributed by atoms with Crippen LogP contribution in [0, 0.1) is 0 Å². The van der Waals surface area contributed by atoms with Crippen molar-refractivity contribution in [1.82, 2.24) is 15.7 Å². The minimum Gasteiger partial charge on any atom is -0.772 e. The number of carbonyl (C=O) groups is 4. The van der Waals surface area contributed by atoms with Gasteiger partial charge in [-0.2, -0.15) is 11.8 Å². The standard InChI is InChI=1S/C14H19N3O7S2/c18-10-5-9(26(22)23)13(20)17(10)24-11(19)4-2-1-3-8-12-7(6-25-8)15-14(21)16-12/h7-9,12H,1-6H2,(H,22,23)(H2,15,16,21)/p-1. The van der Waals surface area contributed by atoms with E-state index in [2.05, 4.69) is 10.6 Å². The van der Waals surface area contributed by atoms with Crippen molar-refractivity contribution in [2.24, 2.45) is 0 Å². The van der Waals surface area contributed by atoms with E-state index >= 15 is 0 Å². The number of hydroxylamine groups is 2. The molecule has 0 saturated carbocycles. The molecule has 3 saturated heterocycles. The molecule has 12 heteroatoms. The molecule has 0 radical (unpaired) electrons. The molecule has 0 spiro atoms. The Bertz CT molecular complexity index is 658. The second-order valence-electron chi connectivity index (χ2n) is 6.31. The number of nitrogens with zero attached hydrogens (tertiary/aromatic N) is 1. The van der Waals surface area contributed by atoms with E-state index in [0.29, 0.717) is 6.42 Å². The molecule has 3 fully saturated rings. The average Bonchev–Trinajstić information content (AvgIpc) is 3.20. The Morgan fingerprint density at radius 1 is 1.31 bits per heavy atom. The van der Waals surface area contributed by atoms with Gasteiger partial charge in [-0.3, -0.25) is 13.8 Å². The van der Waals surface area contributed by atoms with Crippen LogP contribution in [0.15, 0.2) is 0 Å². The summed E-state index contributed by atoms with van der Waals surface area (Å²) in [7, 11) is 0. The molecule has 2 N–H and O–H groups in total. The molecular formula is C14H18N3O7S2-. The first-order valence-corrected chi connectivity index (χ1v) is 10.4. The molecule has 0 aromatic rings. The number of nitrogens with one attached hydrogen (secondary N) is 2. The number of thioether (sulfide) groups is 1. The van der Waals surface area contributed by atoms with Crippen molar-refractivity contribution >= 4 is 46.7 Å². The molecule has 3 rings (SSSR count). The van der Waals surface area contributed by atoms with Crippen molar-refractivity contribution in [1.29, 1.82) is 0 Å². The van der Waals surface area contributed by atoms with Gasteiger partial charge in [0.1, 0.15) is 5.25 Å². The predicted octanol–water partition coefficient (Wildman–Crippen LogP) is -0.823. The van der Waals surface area contributed by atoms with Gasteiger partial charge in [0.2, 0.25) is 0 Å². The van der Waals surface area contributed by atoms with Crippen molar-refractivity contribution in [2.45, 2.75) is 54.7 Å². The summed E-state index contributed by atoms with van der Waals surface area (Å²) in [4.78, 5) is 51.1. The van der Waals surface area contributed by atoms with Crippen LogP contribution in [0.2, 0.25) is 0 Å². The summed E-state index contributed by atoms with van der Waals surface area (Å²) in [5.41, 5.74) is 0. The van der Waals surface area contributed by atoms with E-state index < -0.39 is 40.5 Å². The minimum absolute atomic E-state index is 0.0122. The highest BCUT2D eigenvalue weighted by Crippen LogP contribution is 2.33. The Kier molecular flexibility index (Phi) is 5.82. The monoisotopic (exact) mass is 404 g/mol. The smallest absolute Gasteiger partial charge is 0.333 e. The number of rotatable bonds is 7. The number of urea groups is 1. The molecule has 4 amide bonds. The van der Waals surface area contributed by atoms with E-state index in [0.717, 1.165) is 18.6 Å². The molecule has 144 valence electrons. The van der Waals surface area contributed by atoms with Gasteiger partial charge >= 0.3 is 12.0 Å². The Balaban J connectivity index is 1.37. The van der Waals surface area contributed by atoms with Gasteiger partial charge in [0.15, 0.2) is 0 Å². The summed E-state index contributed by atoms with van der Waals surface area (Å²) in [5, 5.41) is 4.79. The normalized spacial score (nSPS) is 31.6. The lowest BCUT2D eigenvalue weighted by atomic mass is 10.0. The maximum absolute atomic E-state index is 11.8. The van der Waals surface area contributed by atoms with E-state index in [9.17, 15) is 27.9 Å². The summed E-state index contributed by atoms with van der Waals surface area (Å²) < 4.78 is 21.7. The van der Waals surface area contributed by atoms with Gasteiger partial charge in [0.25, 0.3) is 11.8 Å². The van der Waals surface area contributed by atoms with Crippen LogP contribution in [-0.4, -0.2) is 66.0 Å². The third-order valence-corrected chi connectivity index (χ3v) is 6.89. The molecule has 3 aliphatic heterocycles. The molecular weight excluding hydrogens is 386 g/mol. The minimum atomic E-state index is -2.73. The van der Waals surface area contributed by atoms with Gasteiger partial charge in [-0.25, -0.2) is 9.59 Å². The number of unbranched alkanes of at least 4 members (excludes halogenated alkanes) is 1. The van der Waals surface area contributed by atoms with Gasteiger partial charge in [-0.15, -0.1) is 5.06 Å². The molecule has 0 aromatic carbocycles. The van der Waals surface area contributed by atoms with Crippen LogP contribution in [-0.2, 0) is 30.3 Å². The number of hydrogen-bond donors (Lipinski definition) is 2. The first-order valence-electron chi connectivity index (χ1n) is 8.21.